The zero-order chi connectivity index (χ0) is 13.5. The van der Waals surface area contributed by atoms with Crippen molar-refractivity contribution in [2.75, 3.05) is 19.3 Å². The number of piperidine rings is 1. The summed E-state index contributed by atoms with van der Waals surface area (Å²) in [4.78, 5) is 2.49. The highest BCUT2D eigenvalue weighted by atomic mass is 32.2. The van der Waals surface area contributed by atoms with Crippen molar-refractivity contribution in [3.05, 3.63) is 35.4 Å². The molecule has 0 unspecified atom stereocenters. The predicted molar refractivity (Wildman–Crippen MR) is 75.5 cm³/mol. The van der Waals surface area contributed by atoms with Gasteiger partial charge in [-0.1, -0.05) is 24.3 Å². The molecule has 0 aliphatic carbocycles. The third kappa shape index (κ3) is 2.83. The van der Waals surface area contributed by atoms with E-state index in [0.29, 0.717) is 6.04 Å². The van der Waals surface area contributed by atoms with Gasteiger partial charge in [-0.05, 0) is 30.4 Å². The normalized spacial score (nSPS) is 27.6. The molecule has 1 aromatic rings. The fourth-order valence-electron chi connectivity index (χ4n) is 3.37. The van der Waals surface area contributed by atoms with Crippen molar-refractivity contribution in [2.24, 2.45) is 0 Å². The molecule has 1 aromatic carbocycles. The van der Waals surface area contributed by atoms with Crippen LogP contribution in [0.25, 0.3) is 0 Å². The molecule has 2 heterocycles. The lowest BCUT2D eigenvalue weighted by Crippen LogP contribution is -2.48. The van der Waals surface area contributed by atoms with Gasteiger partial charge in [0.1, 0.15) is 0 Å². The lowest BCUT2D eigenvalue weighted by molar-refractivity contribution is 0.122. The summed E-state index contributed by atoms with van der Waals surface area (Å²) in [6, 6.07) is 9.00. The lowest BCUT2D eigenvalue weighted by Gasteiger charge is -2.43. The highest BCUT2D eigenvalue weighted by Gasteiger charge is 2.33. The maximum absolute atomic E-state index is 11.4. The van der Waals surface area contributed by atoms with Gasteiger partial charge in [0.2, 0.25) is 10.0 Å². The van der Waals surface area contributed by atoms with Gasteiger partial charge < -0.3 is 0 Å². The maximum atomic E-state index is 11.4. The van der Waals surface area contributed by atoms with E-state index in [9.17, 15) is 8.42 Å². The van der Waals surface area contributed by atoms with Gasteiger partial charge in [-0.25, -0.2) is 13.1 Å². The Hall–Kier alpha value is -0.910. The van der Waals surface area contributed by atoms with E-state index in [-0.39, 0.29) is 6.04 Å². The van der Waals surface area contributed by atoms with Crippen LogP contribution in [-0.4, -0.2) is 38.7 Å². The summed E-state index contributed by atoms with van der Waals surface area (Å²) in [6.45, 7) is 2.07. The first-order valence-corrected chi connectivity index (χ1v) is 8.71. The average molecular weight is 280 g/mol. The number of nitrogens with one attached hydrogen (secondary N) is 1. The van der Waals surface area contributed by atoms with Crippen LogP contribution in [0.2, 0.25) is 0 Å². The molecular formula is C14H20N2O2S. The number of benzene rings is 1. The van der Waals surface area contributed by atoms with Crippen molar-refractivity contribution < 1.29 is 8.42 Å². The van der Waals surface area contributed by atoms with Gasteiger partial charge >= 0.3 is 0 Å². The highest BCUT2D eigenvalue weighted by Crippen LogP contribution is 2.36. The molecule has 0 bridgehead atoms. The predicted octanol–water partition coefficient (Wildman–Crippen LogP) is 1.30. The Morgan fingerprint density at radius 1 is 1.26 bits per heavy atom. The van der Waals surface area contributed by atoms with Crippen LogP contribution in [0.5, 0.6) is 0 Å². The van der Waals surface area contributed by atoms with E-state index in [1.54, 1.807) is 0 Å². The Balaban J connectivity index is 1.82. The molecule has 4 nitrogen and oxygen atoms in total. The third-order valence-electron chi connectivity index (χ3n) is 4.18. The summed E-state index contributed by atoms with van der Waals surface area (Å²) >= 11 is 0. The molecule has 0 aromatic heterocycles. The summed E-state index contributed by atoms with van der Waals surface area (Å²) in [5.41, 5.74) is 2.80. The first-order chi connectivity index (χ1) is 9.03. The third-order valence-corrected chi connectivity index (χ3v) is 4.94. The van der Waals surface area contributed by atoms with Gasteiger partial charge in [0.05, 0.1) is 6.26 Å². The molecule has 0 spiro atoms. The van der Waals surface area contributed by atoms with Crippen LogP contribution in [-0.2, 0) is 16.4 Å². The summed E-state index contributed by atoms with van der Waals surface area (Å²) in [5.74, 6) is 0. The molecule has 104 valence electrons. The first-order valence-electron chi connectivity index (χ1n) is 6.82. The topological polar surface area (TPSA) is 49.4 Å². The summed E-state index contributed by atoms with van der Waals surface area (Å²) in [7, 11) is -3.11. The maximum Gasteiger partial charge on any atom is 0.208 e. The number of nitrogens with zero attached hydrogens (tertiary/aromatic N) is 1. The molecule has 0 amide bonds. The molecule has 1 N–H and O–H groups in total. The number of rotatable bonds is 2. The molecule has 2 aliphatic rings. The van der Waals surface area contributed by atoms with Gasteiger partial charge in [0.25, 0.3) is 0 Å². The monoisotopic (exact) mass is 280 g/mol. The van der Waals surface area contributed by atoms with Gasteiger partial charge in [-0.2, -0.15) is 0 Å². The summed E-state index contributed by atoms with van der Waals surface area (Å²) < 4.78 is 25.5. The minimum absolute atomic E-state index is 0.0717. The largest absolute Gasteiger partial charge is 0.296 e. The second-order valence-electron chi connectivity index (χ2n) is 5.61. The van der Waals surface area contributed by atoms with Crippen molar-refractivity contribution in [1.82, 2.24) is 9.62 Å². The zero-order valence-corrected chi connectivity index (χ0v) is 12.0. The van der Waals surface area contributed by atoms with E-state index in [1.165, 1.54) is 17.4 Å². The SMILES string of the molecule is CS(=O)(=O)N[C@@H]1CCN2CCc3ccccc3[C@@H]2C1. The smallest absolute Gasteiger partial charge is 0.208 e. The highest BCUT2D eigenvalue weighted by molar-refractivity contribution is 7.88. The molecule has 19 heavy (non-hydrogen) atoms. The van der Waals surface area contributed by atoms with Crippen LogP contribution in [0, 0.1) is 0 Å². The van der Waals surface area contributed by atoms with E-state index in [4.69, 9.17) is 0 Å². The van der Waals surface area contributed by atoms with Gasteiger partial charge in [-0.3, -0.25) is 4.90 Å². The number of fused-ring (bicyclic) bond motifs is 3. The van der Waals surface area contributed by atoms with Crippen LogP contribution >= 0.6 is 0 Å². The molecule has 1 saturated heterocycles. The molecule has 1 fully saturated rings. The quantitative estimate of drug-likeness (QED) is 0.888. The Bertz CT molecular complexity index is 571. The summed E-state index contributed by atoms with van der Waals surface area (Å²) in [6.07, 6.45) is 4.14. The van der Waals surface area contributed by atoms with E-state index in [2.05, 4.69) is 33.9 Å². The zero-order valence-electron chi connectivity index (χ0n) is 11.2. The molecule has 3 rings (SSSR count). The van der Waals surface area contributed by atoms with Gasteiger partial charge in [-0.15, -0.1) is 0 Å². The molecule has 0 radical (unpaired) electrons. The van der Waals surface area contributed by atoms with Crippen LogP contribution in [0.1, 0.15) is 30.0 Å². The average Bonchev–Trinajstić information content (AvgIpc) is 2.37. The van der Waals surface area contributed by atoms with Crippen molar-refractivity contribution in [3.63, 3.8) is 0 Å². The van der Waals surface area contributed by atoms with E-state index in [1.807, 2.05) is 0 Å². The van der Waals surface area contributed by atoms with Crippen molar-refractivity contribution in [2.45, 2.75) is 31.3 Å². The minimum Gasteiger partial charge on any atom is -0.296 e. The van der Waals surface area contributed by atoms with E-state index >= 15 is 0 Å². The number of sulfonamides is 1. The van der Waals surface area contributed by atoms with E-state index in [0.717, 1.165) is 32.4 Å². The van der Waals surface area contributed by atoms with Crippen molar-refractivity contribution >= 4 is 10.0 Å². The van der Waals surface area contributed by atoms with Crippen LogP contribution in [0.3, 0.4) is 0 Å². The summed E-state index contributed by atoms with van der Waals surface area (Å²) in [5, 5.41) is 0. The fourth-order valence-corrected chi connectivity index (χ4v) is 4.19. The van der Waals surface area contributed by atoms with Crippen LogP contribution < -0.4 is 4.72 Å². The first kappa shape index (κ1) is 13.1. The lowest BCUT2D eigenvalue weighted by atomic mass is 9.85. The second-order valence-corrected chi connectivity index (χ2v) is 7.39. The van der Waals surface area contributed by atoms with Crippen LogP contribution in [0.4, 0.5) is 0 Å². The molecule has 2 aliphatic heterocycles. The van der Waals surface area contributed by atoms with Gasteiger partial charge in [0.15, 0.2) is 0 Å². The Morgan fingerprint density at radius 3 is 2.84 bits per heavy atom. The number of hydrogen-bond donors (Lipinski definition) is 1. The fraction of sp³-hybridized carbons (Fsp3) is 0.571. The molecule has 2 atom stereocenters. The molecule has 5 heteroatoms. The number of hydrogen-bond acceptors (Lipinski definition) is 3. The standard InChI is InChI=1S/C14H20N2O2S/c1-19(17,18)15-12-7-9-16-8-6-11-4-2-3-5-13(11)14(16)10-12/h2-5,12,14-15H,6-10H2,1H3/t12-,14+/m1/s1. The van der Waals surface area contributed by atoms with Crippen molar-refractivity contribution in [3.8, 4) is 0 Å². The van der Waals surface area contributed by atoms with Gasteiger partial charge in [0, 0.05) is 25.2 Å². The minimum atomic E-state index is -3.11. The second kappa shape index (κ2) is 4.89. The Labute approximate surface area is 114 Å². The molecular weight excluding hydrogens is 260 g/mol. The Morgan fingerprint density at radius 2 is 2.05 bits per heavy atom. The van der Waals surface area contributed by atoms with Crippen LogP contribution in [0.15, 0.2) is 24.3 Å². The van der Waals surface area contributed by atoms with E-state index < -0.39 is 10.0 Å². The van der Waals surface area contributed by atoms with Crippen molar-refractivity contribution in [1.29, 1.82) is 0 Å². The Kier molecular flexibility index (Phi) is 3.37. The molecule has 0 saturated carbocycles.